The number of nitrogens with zero attached hydrogens (tertiary/aromatic N) is 2. The Bertz CT molecular complexity index is 324. The number of urea groups is 1. The Morgan fingerprint density at radius 3 is 2.14 bits per heavy atom. The topological polar surface area (TPSA) is 23.6 Å². The molecule has 1 aromatic rings. The van der Waals surface area contributed by atoms with Crippen LogP contribution in [0, 0.1) is 0 Å². The second kappa shape index (κ2) is 4.53. The maximum Gasteiger partial charge on any atom is 0.338 e. The van der Waals surface area contributed by atoms with Crippen LogP contribution in [0.25, 0.3) is 0 Å². The van der Waals surface area contributed by atoms with Gasteiger partial charge in [0.1, 0.15) is 0 Å². The van der Waals surface area contributed by atoms with E-state index in [1.807, 2.05) is 0 Å². The highest BCUT2D eigenvalue weighted by Crippen LogP contribution is 2.20. The maximum absolute atomic E-state index is 11.4. The maximum atomic E-state index is 11.4. The number of hydrogen-bond acceptors (Lipinski definition) is 1. The molecule has 0 saturated carbocycles. The van der Waals surface area contributed by atoms with Gasteiger partial charge in [0.25, 0.3) is 0 Å². The molecule has 1 rings (SSSR count). The monoisotopic (exact) mass is 232 g/mol. The molecule has 0 fully saturated rings. The first-order valence-electron chi connectivity index (χ1n) is 3.95. The van der Waals surface area contributed by atoms with Gasteiger partial charge in [-0.05, 0) is 24.3 Å². The number of rotatable bonds is 1. The zero-order valence-electron chi connectivity index (χ0n) is 7.87. The van der Waals surface area contributed by atoms with Gasteiger partial charge in [0.05, 0.1) is 5.69 Å². The molecule has 0 atom stereocenters. The van der Waals surface area contributed by atoms with Crippen molar-refractivity contribution in [2.24, 2.45) is 0 Å². The van der Waals surface area contributed by atoms with Crippen molar-refractivity contribution in [3.05, 3.63) is 29.3 Å². The van der Waals surface area contributed by atoms with E-state index in [9.17, 15) is 4.79 Å². The largest absolute Gasteiger partial charge is 0.338 e. The van der Waals surface area contributed by atoms with Gasteiger partial charge >= 0.3 is 6.03 Å². The summed E-state index contributed by atoms with van der Waals surface area (Å²) in [5.41, 5.74) is 0.592. The molecule has 76 valence electrons. The third-order valence-corrected chi connectivity index (χ3v) is 2.20. The van der Waals surface area contributed by atoms with E-state index in [4.69, 9.17) is 23.4 Å². The van der Waals surface area contributed by atoms with Gasteiger partial charge in [-0.2, -0.15) is 0 Å². The van der Waals surface area contributed by atoms with Crippen LogP contribution in [0.1, 0.15) is 0 Å². The van der Waals surface area contributed by atoms with Crippen LogP contribution >= 0.6 is 23.4 Å². The van der Waals surface area contributed by atoms with Crippen molar-refractivity contribution < 1.29 is 4.79 Å². The third-order valence-electron chi connectivity index (χ3n) is 1.60. The Morgan fingerprint density at radius 2 is 1.71 bits per heavy atom. The van der Waals surface area contributed by atoms with E-state index in [-0.39, 0.29) is 6.03 Å². The van der Waals surface area contributed by atoms with Crippen LogP contribution in [0.15, 0.2) is 24.3 Å². The van der Waals surface area contributed by atoms with Crippen molar-refractivity contribution in [2.45, 2.75) is 0 Å². The van der Waals surface area contributed by atoms with E-state index in [1.54, 1.807) is 38.4 Å². The Hall–Kier alpha value is -0.930. The lowest BCUT2D eigenvalue weighted by atomic mass is 10.3. The van der Waals surface area contributed by atoms with E-state index in [0.29, 0.717) is 10.7 Å². The molecule has 0 N–H and O–H groups in total. The number of anilines is 1. The summed E-state index contributed by atoms with van der Waals surface area (Å²) in [7, 11) is 3.27. The number of hydrogen-bond donors (Lipinski definition) is 0. The normalized spacial score (nSPS) is 9.71. The molecule has 1 aromatic carbocycles. The van der Waals surface area contributed by atoms with E-state index < -0.39 is 0 Å². The van der Waals surface area contributed by atoms with Crippen LogP contribution in [0.3, 0.4) is 0 Å². The lowest BCUT2D eigenvalue weighted by molar-refractivity contribution is 0.227. The van der Waals surface area contributed by atoms with Gasteiger partial charge in [0.2, 0.25) is 0 Å². The fraction of sp³-hybridized carbons (Fsp3) is 0.222. The average molecular weight is 233 g/mol. The van der Waals surface area contributed by atoms with Gasteiger partial charge in [-0.15, -0.1) is 0 Å². The molecular weight excluding hydrogens is 223 g/mol. The zero-order valence-corrected chi connectivity index (χ0v) is 9.38. The van der Waals surface area contributed by atoms with Crippen molar-refractivity contribution in [2.75, 3.05) is 18.5 Å². The van der Waals surface area contributed by atoms with E-state index in [1.165, 1.54) is 4.90 Å². The number of benzene rings is 1. The fourth-order valence-corrected chi connectivity index (χ4v) is 1.25. The zero-order chi connectivity index (χ0) is 10.7. The summed E-state index contributed by atoms with van der Waals surface area (Å²) in [6.07, 6.45) is 0. The summed E-state index contributed by atoms with van der Waals surface area (Å²) in [5, 5.41) is 0.608. The molecule has 3 nitrogen and oxygen atoms in total. The molecule has 0 spiro atoms. The van der Waals surface area contributed by atoms with Crippen molar-refractivity contribution >= 4 is 35.1 Å². The lowest BCUT2D eigenvalue weighted by Gasteiger charge is -2.18. The van der Waals surface area contributed by atoms with Gasteiger partial charge in [0.15, 0.2) is 0 Å². The summed E-state index contributed by atoms with van der Waals surface area (Å²) in [6, 6.07) is 6.41. The quantitative estimate of drug-likeness (QED) is 0.684. The van der Waals surface area contributed by atoms with Crippen LogP contribution in [0.5, 0.6) is 0 Å². The number of halogens is 2. The first-order chi connectivity index (χ1) is 6.52. The minimum absolute atomic E-state index is 0.297. The molecular formula is C9H10Cl2N2O. The van der Waals surface area contributed by atoms with Crippen molar-refractivity contribution in [3.63, 3.8) is 0 Å². The van der Waals surface area contributed by atoms with E-state index >= 15 is 0 Å². The summed E-state index contributed by atoms with van der Waals surface area (Å²) in [5.74, 6) is 0. The summed E-state index contributed by atoms with van der Waals surface area (Å²) < 4.78 is 1.04. The number of carbonyl (C=O) groups excluding carboxylic acids is 1. The van der Waals surface area contributed by atoms with Gasteiger partial charge < -0.3 is 4.90 Å². The standard InChI is InChI=1S/C9H10Cl2N2O/c1-12(2)9(14)13(11)8-5-3-7(10)4-6-8/h3-6H,1-2H3. The molecule has 5 heteroatoms. The van der Waals surface area contributed by atoms with Gasteiger partial charge in [-0.1, -0.05) is 11.6 Å². The average Bonchev–Trinajstić information content (AvgIpc) is 2.16. The highest BCUT2D eigenvalue weighted by molar-refractivity contribution is 6.36. The molecule has 0 aromatic heterocycles. The highest BCUT2D eigenvalue weighted by atomic mass is 35.5. The Labute approximate surface area is 92.9 Å². The van der Waals surface area contributed by atoms with E-state index in [2.05, 4.69) is 0 Å². The van der Waals surface area contributed by atoms with Gasteiger partial charge in [-0.25, -0.2) is 9.21 Å². The first-order valence-corrected chi connectivity index (χ1v) is 4.66. The Kier molecular flexibility index (Phi) is 3.61. The number of carbonyl (C=O) groups is 1. The first kappa shape index (κ1) is 11.1. The molecule has 0 bridgehead atoms. The molecule has 0 aliphatic carbocycles. The summed E-state index contributed by atoms with van der Waals surface area (Å²) in [6.45, 7) is 0. The second-order valence-electron chi connectivity index (χ2n) is 2.93. The van der Waals surface area contributed by atoms with Crippen LogP contribution in [0.4, 0.5) is 10.5 Å². The molecule has 0 saturated heterocycles. The predicted molar refractivity (Wildman–Crippen MR) is 58.9 cm³/mol. The molecule has 0 radical (unpaired) electrons. The molecule has 0 aliphatic rings. The molecule has 0 unspecified atom stereocenters. The van der Waals surface area contributed by atoms with Crippen molar-refractivity contribution in [1.82, 2.24) is 4.90 Å². The Morgan fingerprint density at radius 1 is 1.21 bits per heavy atom. The number of amides is 2. The van der Waals surface area contributed by atoms with Gasteiger partial charge in [0, 0.05) is 30.9 Å². The summed E-state index contributed by atoms with van der Waals surface area (Å²) >= 11 is 11.5. The fourth-order valence-electron chi connectivity index (χ4n) is 0.858. The molecule has 14 heavy (non-hydrogen) atoms. The third kappa shape index (κ3) is 2.53. The van der Waals surface area contributed by atoms with Crippen molar-refractivity contribution in [3.8, 4) is 0 Å². The van der Waals surface area contributed by atoms with Crippen LogP contribution < -0.4 is 4.42 Å². The summed E-state index contributed by atoms with van der Waals surface area (Å²) in [4.78, 5) is 12.8. The van der Waals surface area contributed by atoms with Crippen LogP contribution in [-0.4, -0.2) is 25.0 Å². The lowest BCUT2D eigenvalue weighted by Crippen LogP contribution is -2.32. The Balaban J connectivity index is 2.84. The smallest absolute Gasteiger partial charge is 0.329 e. The van der Waals surface area contributed by atoms with Gasteiger partial charge in [-0.3, -0.25) is 0 Å². The predicted octanol–water partition coefficient (Wildman–Crippen LogP) is 2.98. The van der Waals surface area contributed by atoms with Crippen LogP contribution in [-0.2, 0) is 0 Å². The molecule has 0 aliphatic heterocycles. The minimum Gasteiger partial charge on any atom is -0.329 e. The molecule has 2 amide bonds. The minimum atomic E-state index is -0.297. The SMILES string of the molecule is CN(C)C(=O)N(Cl)c1ccc(Cl)cc1. The van der Waals surface area contributed by atoms with Crippen molar-refractivity contribution in [1.29, 1.82) is 0 Å². The van der Waals surface area contributed by atoms with Crippen LogP contribution in [0.2, 0.25) is 5.02 Å². The highest BCUT2D eigenvalue weighted by Gasteiger charge is 2.14. The van der Waals surface area contributed by atoms with E-state index in [0.717, 1.165) is 4.42 Å². The second-order valence-corrected chi connectivity index (χ2v) is 3.71. The molecule has 0 heterocycles.